The molecule has 2 N–H and O–H groups in total. The SMILES string of the molecule is CC(N)c1ccc(N(C)Cc2csc(Br)c2)nc1. The molecule has 0 aliphatic rings. The highest BCUT2D eigenvalue weighted by Gasteiger charge is 2.06. The van der Waals surface area contributed by atoms with E-state index in [-0.39, 0.29) is 6.04 Å². The fourth-order valence-electron chi connectivity index (χ4n) is 1.68. The van der Waals surface area contributed by atoms with Gasteiger partial charge in [-0.25, -0.2) is 4.98 Å². The molecule has 18 heavy (non-hydrogen) atoms. The number of thiophene rings is 1. The van der Waals surface area contributed by atoms with Crippen molar-refractivity contribution in [3.05, 3.63) is 44.7 Å². The van der Waals surface area contributed by atoms with Crippen molar-refractivity contribution in [2.24, 2.45) is 5.73 Å². The molecular formula is C13H16BrN3S. The lowest BCUT2D eigenvalue weighted by Gasteiger charge is -2.18. The first-order chi connectivity index (χ1) is 8.56. The molecule has 3 nitrogen and oxygen atoms in total. The molecule has 0 saturated carbocycles. The molecule has 0 radical (unpaired) electrons. The van der Waals surface area contributed by atoms with Gasteiger partial charge in [0.15, 0.2) is 0 Å². The molecule has 2 aromatic heterocycles. The third-order valence-corrected chi connectivity index (χ3v) is 4.28. The van der Waals surface area contributed by atoms with Gasteiger partial charge in [0.1, 0.15) is 5.82 Å². The van der Waals surface area contributed by atoms with Crippen LogP contribution < -0.4 is 10.6 Å². The molecule has 0 amide bonds. The van der Waals surface area contributed by atoms with Crippen LogP contribution in [0.3, 0.4) is 0 Å². The number of rotatable bonds is 4. The highest BCUT2D eigenvalue weighted by Crippen LogP contribution is 2.23. The monoisotopic (exact) mass is 325 g/mol. The van der Waals surface area contributed by atoms with Gasteiger partial charge in [-0.15, -0.1) is 11.3 Å². The summed E-state index contributed by atoms with van der Waals surface area (Å²) in [7, 11) is 2.04. The molecule has 1 atom stereocenters. The van der Waals surface area contributed by atoms with Gasteiger partial charge in [0.25, 0.3) is 0 Å². The van der Waals surface area contributed by atoms with E-state index in [1.54, 1.807) is 11.3 Å². The second-order valence-electron chi connectivity index (χ2n) is 4.35. The second kappa shape index (κ2) is 5.82. The van der Waals surface area contributed by atoms with Crippen molar-refractivity contribution in [1.29, 1.82) is 0 Å². The van der Waals surface area contributed by atoms with Gasteiger partial charge in [-0.1, -0.05) is 6.07 Å². The van der Waals surface area contributed by atoms with Gasteiger partial charge in [-0.05, 0) is 51.5 Å². The zero-order chi connectivity index (χ0) is 13.1. The van der Waals surface area contributed by atoms with Crippen LogP contribution in [0.1, 0.15) is 24.1 Å². The maximum Gasteiger partial charge on any atom is 0.128 e. The normalized spacial score (nSPS) is 12.4. The van der Waals surface area contributed by atoms with Crippen molar-refractivity contribution in [3.8, 4) is 0 Å². The second-order valence-corrected chi connectivity index (χ2v) is 6.64. The van der Waals surface area contributed by atoms with E-state index in [9.17, 15) is 0 Å². The van der Waals surface area contributed by atoms with Crippen molar-refractivity contribution in [2.45, 2.75) is 19.5 Å². The minimum absolute atomic E-state index is 0.0321. The highest BCUT2D eigenvalue weighted by atomic mass is 79.9. The minimum atomic E-state index is 0.0321. The molecule has 0 spiro atoms. The number of halogens is 1. The van der Waals surface area contributed by atoms with Crippen molar-refractivity contribution < 1.29 is 0 Å². The lowest BCUT2D eigenvalue weighted by atomic mass is 10.1. The summed E-state index contributed by atoms with van der Waals surface area (Å²) in [5.74, 6) is 0.960. The summed E-state index contributed by atoms with van der Waals surface area (Å²) in [6.45, 7) is 2.82. The molecule has 0 fully saturated rings. The maximum absolute atomic E-state index is 5.81. The summed E-state index contributed by atoms with van der Waals surface area (Å²) < 4.78 is 1.16. The van der Waals surface area contributed by atoms with Gasteiger partial charge in [-0.2, -0.15) is 0 Å². The van der Waals surface area contributed by atoms with Crippen molar-refractivity contribution in [2.75, 3.05) is 11.9 Å². The summed E-state index contributed by atoms with van der Waals surface area (Å²) in [6.07, 6.45) is 1.85. The van der Waals surface area contributed by atoms with Gasteiger partial charge in [-0.3, -0.25) is 0 Å². The van der Waals surface area contributed by atoms with Crippen LogP contribution >= 0.6 is 27.3 Å². The third-order valence-electron chi connectivity index (χ3n) is 2.73. The summed E-state index contributed by atoms with van der Waals surface area (Å²) in [6, 6.07) is 6.22. The van der Waals surface area contributed by atoms with Crippen LogP contribution in [0.4, 0.5) is 5.82 Å². The van der Waals surface area contributed by atoms with Gasteiger partial charge >= 0.3 is 0 Å². The van der Waals surface area contributed by atoms with E-state index in [0.29, 0.717) is 0 Å². The molecule has 5 heteroatoms. The van der Waals surface area contributed by atoms with Crippen molar-refractivity contribution >= 4 is 33.1 Å². The quantitative estimate of drug-likeness (QED) is 0.934. The highest BCUT2D eigenvalue weighted by molar-refractivity contribution is 9.11. The Hall–Kier alpha value is -0.910. The Morgan fingerprint density at radius 2 is 2.28 bits per heavy atom. The first kappa shape index (κ1) is 13.5. The minimum Gasteiger partial charge on any atom is -0.355 e. The largest absolute Gasteiger partial charge is 0.355 e. The summed E-state index contributed by atoms with van der Waals surface area (Å²) in [5.41, 5.74) is 8.15. The standard InChI is InChI=1S/C13H16BrN3S/c1-9(15)11-3-4-13(16-6-11)17(2)7-10-5-12(14)18-8-10/h3-6,8-9H,7,15H2,1-2H3. The number of nitrogens with two attached hydrogens (primary N) is 1. The van der Waals surface area contributed by atoms with Crippen molar-refractivity contribution in [3.63, 3.8) is 0 Å². The van der Waals surface area contributed by atoms with Gasteiger partial charge in [0.05, 0.1) is 3.79 Å². The fraction of sp³-hybridized carbons (Fsp3) is 0.308. The number of nitrogens with zero attached hydrogens (tertiary/aromatic N) is 2. The molecule has 0 bridgehead atoms. The van der Waals surface area contributed by atoms with E-state index < -0.39 is 0 Å². The number of anilines is 1. The topological polar surface area (TPSA) is 42.1 Å². The average molecular weight is 326 g/mol. The Labute approximate surface area is 120 Å². The molecular weight excluding hydrogens is 310 g/mol. The van der Waals surface area contributed by atoms with E-state index >= 15 is 0 Å². The zero-order valence-electron chi connectivity index (χ0n) is 10.4. The van der Waals surface area contributed by atoms with Crippen LogP contribution in [0.2, 0.25) is 0 Å². The van der Waals surface area contributed by atoms with E-state index in [2.05, 4.69) is 37.3 Å². The molecule has 0 aliphatic heterocycles. The zero-order valence-corrected chi connectivity index (χ0v) is 12.8. The predicted molar refractivity (Wildman–Crippen MR) is 81.0 cm³/mol. The summed E-state index contributed by atoms with van der Waals surface area (Å²) in [5, 5.41) is 2.15. The molecule has 2 aromatic rings. The number of hydrogen-bond acceptors (Lipinski definition) is 4. The molecule has 2 heterocycles. The number of hydrogen-bond donors (Lipinski definition) is 1. The number of aromatic nitrogens is 1. The first-order valence-electron chi connectivity index (χ1n) is 5.72. The van der Waals surface area contributed by atoms with Crippen LogP contribution in [0.15, 0.2) is 33.6 Å². The van der Waals surface area contributed by atoms with Gasteiger partial charge < -0.3 is 10.6 Å². The Balaban J connectivity index is 2.06. The Morgan fingerprint density at radius 3 is 2.78 bits per heavy atom. The van der Waals surface area contributed by atoms with Crippen LogP contribution in [0, 0.1) is 0 Å². The Bertz CT molecular complexity index is 507. The lowest BCUT2D eigenvalue weighted by molar-refractivity contribution is 0.807. The molecule has 0 saturated heterocycles. The van der Waals surface area contributed by atoms with Crippen molar-refractivity contribution in [1.82, 2.24) is 4.98 Å². The Morgan fingerprint density at radius 1 is 1.50 bits per heavy atom. The van der Waals surface area contributed by atoms with Crippen LogP contribution in [0.5, 0.6) is 0 Å². The maximum atomic E-state index is 5.81. The fourth-order valence-corrected chi connectivity index (χ4v) is 2.88. The molecule has 0 aromatic carbocycles. The smallest absolute Gasteiger partial charge is 0.128 e. The van der Waals surface area contributed by atoms with E-state index in [4.69, 9.17) is 5.73 Å². The number of pyridine rings is 1. The lowest BCUT2D eigenvalue weighted by Crippen LogP contribution is -2.17. The molecule has 0 aliphatic carbocycles. The van der Waals surface area contributed by atoms with E-state index in [1.165, 1.54) is 5.56 Å². The predicted octanol–water partition coefficient (Wildman–Crippen LogP) is 3.56. The molecule has 96 valence electrons. The van der Waals surface area contributed by atoms with Crippen LogP contribution in [-0.4, -0.2) is 12.0 Å². The van der Waals surface area contributed by atoms with Gasteiger partial charge in [0.2, 0.25) is 0 Å². The molecule has 2 rings (SSSR count). The van der Waals surface area contributed by atoms with Gasteiger partial charge in [0, 0.05) is 25.8 Å². The van der Waals surface area contributed by atoms with Crippen LogP contribution in [0.25, 0.3) is 0 Å². The van der Waals surface area contributed by atoms with E-state index in [1.807, 2.05) is 32.3 Å². The first-order valence-corrected chi connectivity index (χ1v) is 7.39. The molecule has 1 unspecified atom stereocenters. The summed E-state index contributed by atoms with van der Waals surface area (Å²) >= 11 is 5.18. The van der Waals surface area contributed by atoms with Crippen LogP contribution in [-0.2, 0) is 6.54 Å². The third kappa shape index (κ3) is 3.31. The summed E-state index contributed by atoms with van der Waals surface area (Å²) in [4.78, 5) is 6.56. The average Bonchev–Trinajstić information content (AvgIpc) is 2.75. The Kier molecular flexibility index (Phi) is 4.37. The van der Waals surface area contributed by atoms with E-state index in [0.717, 1.165) is 21.7 Å².